The fourth-order valence-electron chi connectivity index (χ4n) is 2.26. The van der Waals surface area contributed by atoms with Gasteiger partial charge < -0.3 is 10.5 Å². The molecule has 0 unspecified atom stereocenters. The van der Waals surface area contributed by atoms with E-state index < -0.39 is 0 Å². The summed E-state index contributed by atoms with van der Waals surface area (Å²) in [5.74, 6) is 1.45. The molecule has 2 aromatic rings. The minimum atomic E-state index is 0.624. The van der Waals surface area contributed by atoms with Gasteiger partial charge in [-0.3, -0.25) is 0 Å². The average Bonchev–Trinajstić information content (AvgIpc) is 2.75. The van der Waals surface area contributed by atoms with Gasteiger partial charge in [0.05, 0.1) is 5.69 Å². The van der Waals surface area contributed by atoms with Gasteiger partial charge in [0.2, 0.25) is 5.88 Å². The Kier molecular flexibility index (Phi) is 5.26. The van der Waals surface area contributed by atoms with Crippen molar-refractivity contribution in [3.63, 3.8) is 0 Å². The SMILES string of the molecule is CCCCc1ccc(Oc2c(N)c(C)nn2CCC)cc1. The predicted molar refractivity (Wildman–Crippen MR) is 86.8 cm³/mol. The summed E-state index contributed by atoms with van der Waals surface area (Å²) in [5.41, 5.74) is 8.85. The minimum Gasteiger partial charge on any atom is -0.437 e. The second-order valence-electron chi connectivity index (χ2n) is 5.38. The number of nitrogens with two attached hydrogens (primary N) is 1. The maximum atomic E-state index is 6.07. The van der Waals surface area contributed by atoms with Gasteiger partial charge in [-0.2, -0.15) is 5.10 Å². The summed E-state index contributed by atoms with van der Waals surface area (Å²) >= 11 is 0. The van der Waals surface area contributed by atoms with Gasteiger partial charge in [0.1, 0.15) is 11.4 Å². The van der Waals surface area contributed by atoms with Gasteiger partial charge in [-0.15, -0.1) is 0 Å². The van der Waals surface area contributed by atoms with E-state index in [0.717, 1.165) is 30.8 Å². The molecule has 0 spiro atoms. The second-order valence-corrected chi connectivity index (χ2v) is 5.38. The Balaban J connectivity index is 2.14. The Morgan fingerprint density at radius 2 is 1.86 bits per heavy atom. The predicted octanol–water partition coefficient (Wildman–Crippen LogP) is 4.32. The van der Waals surface area contributed by atoms with Crippen molar-refractivity contribution in [3.8, 4) is 11.6 Å². The van der Waals surface area contributed by atoms with Crippen LogP contribution in [0.1, 0.15) is 44.4 Å². The van der Waals surface area contributed by atoms with Crippen molar-refractivity contribution in [2.24, 2.45) is 0 Å². The Morgan fingerprint density at radius 3 is 2.48 bits per heavy atom. The molecule has 0 saturated heterocycles. The highest BCUT2D eigenvalue weighted by molar-refractivity contribution is 5.54. The van der Waals surface area contributed by atoms with E-state index in [1.807, 2.05) is 23.7 Å². The largest absolute Gasteiger partial charge is 0.437 e. The minimum absolute atomic E-state index is 0.624. The van der Waals surface area contributed by atoms with Crippen LogP contribution in [0.15, 0.2) is 24.3 Å². The lowest BCUT2D eigenvalue weighted by molar-refractivity contribution is 0.410. The average molecular weight is 287 g/mol. The normalized spacial score (nSPS) is 10.8. The Hall–Kier alpha value is -1.97. The quantitative estimate of drug-likeness (QED) is 0.825. The molecule has 114 valence electrons. The van der Waals surface area contributed by atoms with Crippen molar-refractivity contribution in [2.75, 3.05) is 5.73 Å². The van der Waals surface area contributed by atoms with Gasteiger partial charge >= 0.3 is 0 Å². The van der Waals surface area contributed by atoms with Crippen molar-refractivity contribution in [3.05, 3.63) is 35.5 Å². The number of nitrogens with zero attached hydrogens (tertiary/aromatic N) is 2. The molecule has 0 atom stereocenters. The number of nitrogen functional groups attached to an aromatic ring is 1. The molecule has 4 nitrogen and oxygen atoms in total. The third-order valence-electron chi connectivity index (χ3n) is 3.52. The molecule has 0 saturated carbocycles. The maximum absolute atomic E-state index is 6.07. The van der Waals surface area contributed by atoms with Gasteiger partial charge in [-0.25, -0.2) is 4.68 Å². The standard InChI is InChI=1S/C17H25N3O/c1-4-6-7-14-8-10-15(11-9-14)21-17-16(18)13(3)19-20(17)12-5-2/h8-11H,4-7,12,18H2,1-3H3. The van der Waals surface area contributed by atoms with E-state index in [9.17, 15) is 0 Å². The number of aryl methyl sites for hydroxylation is 3. The second kappa shape index (κ2) is 7.16. The van der Waals surface area contributed by atoms with Crippen molar-refractivity contribution < 1.29 is 4.74 Å². The van der Waals surface area contributed by atoms with E-state index in [0.29, 0.717) is 11.6 Å². The Labute approximate surface area is 126 Å². The summed E-state index contributed by atoms with van der Waals surface area (Å²) in [6.45, 7) is 7.03. The number of hydrogen-bond acceptors (Lipinski definition) is 3. The summed E-state index contributed by atoms with van der Waals surface area (Å²) in [5, 5.41) is 4.42. The van der Waals surface area contributed by atoms with Crippen LogP contribution in [0.5, 0.6) is 11.6 Å². The molecule has 1 aromatic heterocycles. The van der Waals surface area contributed by atoms with E-state index in [2.05, 4.69) is 31.1 Å². The number of ether oxygens (including phenoxy) is 1. The molecule has 0 aliphatic rings. The van der Waals surface area contributed by atoms with Gasteiger partial charge in [0.15, 0.2) is 0 Å². The molecule has 0 radical (unpaired) electrons. The fourth-order valence-corrected chi connectivity index (χ4v) is 2.26. The summed E-state index contributed by atoms with van der Waals surface area (Å²) in [4.78, 5) is 0. The number of anilines is 1. The van der Waals surface area contributed by atoms with E-state index in [4.69, 9.17) is 10.5 Å². The highest BCUT2D eigenvalue weighted by atomic mass is 16.5. The summed E-state index contributed by atoms with van der Waals surface area (Å²) in [7, 11) is 0. The Bertz CT molecular complexity index is 572. The van der Waals surface area contributed by atoms with Gasteiger partial charge in [-0.05, 0) is 43.9 Å². The van der Waals surface area contributed by atoms with Gasteiger partial charge in [-0.1, -0.05) is 32.4 Å². The molecule has 1 aromatic carbocycles. The molecular formula is C17H25N3O. The van der Waals surface area contributed by atoms with Crippen LogP contribution >= 0.6 is 0 Å². The molecular weight excluding hydrogens is 262 g/mol. The van der Waals surface area contributed by atoms with Crippen LogP contribution in [0.3, 0.4) is 0 Å². The zero-order valence-corrected chi connectivity index (χ0v) is 13.2. The lowest BCUT2D eigenvalue weighted by Gasteiger charge is -2.09. The molecule has 0 bridgehead atoms. The third kappa shape index (κ3) is 3.78. The molecule has 21 heavy (non-hydrogen) atoms. The summed E-state index contributed by atoms with van der Waals surface area (Å²) in [6.07, 6.45) is 4.54. The maximum Gasteiger partial charge on any atom is 0.241 e. The number of unbranched alkanes of at least 4 members (excludes halogenated alkanes) is 1. The van der Waals surface area contributed by atoms with Crippen LogP contribution in [0.25, 0.3) is 0 Å². The highest BCUT2D eigenvalue weighted by Crippen LogP contribution is 2.30. The first-order chi connectivity index (χ1) is 10.2. The lowest BCUT2D eigenvalue weighted by Crippen LogP contribution is -2.02. The molecule has 0 fully saturated rings. The van der Waals surface area contributed by atoms with Gasteiger partial charge in [0.25, 0.3) is 0 Å². The van der Waals surface area contributed by atoms with E-state index in [1.54, 1.807) is 0 Å². The first-order valence-electron chi connectivity index (χ1n) is 7.75. The topological polar surface area (TPSA) is 53.1 Å². The van der Waals surface area contributed by atoms with Crippen LogP contribution in [0.4, 0.5) is 5.69 Å². The molecule has 0 amide bonds. The Morgan fingerprint density at radius 1 is 1.14 bits per heavy atom. The molecule has 0 aliphatic heterocycles. The van der Waals surface area contributed by atoms with E-state index >= 15 is 0 Å². The van der Waals surface area contributed by atoms with Crippen molar-refractivity contribution in [1.82, 2.24) is 9.78 Å². The zero-order valence-electron chi connectivity index (χ0n) is 13.2. The number of rotatable bonds is 7. The molecule has 2 rings (SSSR count). The molecule has 0 aliphatic carbocycles. The van der Waals surface area contributed by atoms with Crippen LogP contribution in [-0.2, 0) is 13.0 Å². The van der Waals surface area contributed by atoms with Crippen LogP contribution in [-0.4, -0.2) is 9.78 Å². The van der Waals surface area contributed by atoms with Crippen LogP contribution < -0.4 is 10.5 Å². The smallest absolute Gasteiger partial charge is 0.241 e. The number of aromatic nitrogens is 2. The first kappa shape index (κ1) is 15.4. The first-order valence-corrected chi connectivity index (χ1v) is 7.75. The number of hydrogen-bond donors (Lipinski definition) is 1. The van der Waals surface area contributed by atoms with Gasteiger partial charge in [0, 0.05) is 6.54 Å². The van der Waals surface area contributed by atoms with Crippen LogP contribution in [0, 0.1) is 6.92 Å². The summed E-state index contributed by atoms with van der Waals surface area (Å²) in [6, 6.07) is 8.25. The van der Waals surface area contributed by atoms with E-state index in [-0.39, 0.29) is 0 Å². The van der Waals surface area contributed by atoms with Crippen molar-refractivity contribution in [1.29, 1.82) is 0 Å². The van der Waals surface area contributed by atoms with Crippen molar-refractivity contribution >= 4 is 5.69 Å². The van der Waals surface area contributed by atoms with Crippen molar-refractivity contribution in [2.45, 2.75) is 53.0 Å². The monoisotopic (exact) mass is 287 g/mol. The molecule has 2 N–H and O–H groups in total. The molecule has 1 heterocycles. The molecule has 4 heteroatoms. The summed E-state index contributed by atoms with van der Waals surface area (Å²) < 4.78 is 7.79. The number of benzene rings is 1. The lowest BCUT2D eigenvalue weighted by atomic mass is 10.1. The van der Waals surface area contributed by atoms with Crippen LogP contribution in [0.2, 0.25) is 0 Å². The fraction of sp³-hybridized carbons (Fsp3) is 0.471. The zero-order chi connectivity index (χ0) is 15.2. The highest BCUT2D eigenvalue weighted by Gasteiger charge is 2.14. The van der Waals surface area contributed by atoms with E-state index in [1.165, 1.54) is 18.4 Å². The third-order valence-corrected chi connectivity index (χ3v) is 3.52.